The van der Waals surface area contributed by atoms with Gasteiger partial charge in [0.1, 0.15) is 0 Å². The Labute approximate surface area is 110 Å². The summed E-state index contributed by atoms with van der Waals surface area (Å²) in [4.78, 5) is 0. The van der Waals surface area contributed by atoms with Crippen LogP contribution >= 0.6 is 0 Å². The third-order valence-electron chi connectivity index (χ3n) is 2.72. The summed E-state index contributed by atoms with van der Waals surface area (Å²) in [5, 5.41) is 3.10. The zero-order chi connectivity index (χ0) is 14.0. The molecule has 1 nitrogen and oxygen atoms in total. The second-order valence-electron chi connectivity index (χ2n) is 4.58. The highest BCUT2D eigenvalue weighted by Crippen LogP contribution is 2.30. The number of halogens is 3. The van der Waals surface area contributed by atoms with Gasteiger partial charge in [-0.3, -0.25) is 0 Å². The molecule has 0 bridgehead atoms. The van der Waals surface area contributed by atoms with Crippen LogP contribution in [-0.2, 0) is 6.18 Å². The number of hydrogen-bond donors (Lipinski definition) is 1. The predicted molar refractivity (Wildman–Crippen MR) is 70.6 cm³/mol. The molecule has 2 aromatic rings. The maximum Gasteiger partial charge on any atom is 0.416 e. The summed E-state index contributed by atoms with van der Waals surface area (Å²) in [5.41, 5.74) is 3.08. The third kappa shape index (κ3) is 3.50. The van der Waals surface area contributed by atoms with Gasteiger partial charge in [-0.2, -0.15) is 13.2 Å². The van der Waals surface area contributed by atoms with Crippen LogP contribution in [0.1, 0.15) is 16.7 Å². The van der Waals surface area contributed by atoms with E-state index in [1.165, 1.54) is 12.1 Å². The molecule has 0 aliphatic heterocycles. The molecule has 100 valence electrons. The minimum Gasteiger partial charge on any atom is -0.356 e. The molecule has 2 rings (SSSR count). The SMILES string of the molecule is Cc1cc(C)cc(Nc2ccc(C(F)(F)F)cc2)c1. The molecule has 0 saturated carbocycles. The van der Waals surface area contributed by atoms with E-state index in [4.69, 9.17) is 0 Å². The van der Waals surface area contributed by atoms with Crippen molar-refractivity contribution in [3.63, 3.8) is 0 Å². The van der Waals surface area contributed by atoms with Crippen molar-refractivity contribution in [2.24, 2.45) is 0 Å². The second-order valence-corrected chi connectivity index (χ2v) is 4.58. The lowest BCUT2D eigenvalue weighted by Crippen LogP contribution is -2.04. The topological polar surface area (TPSA) is 12.0 Å². The van der Waals surface area contributed by atoms with Gasteiger partial charge in [-0.25, -0.2) is 0 Å². The van der Waals surface area contributed by atoms with Gasteiger partial charge in [0.2, 0.25) is 0 Å². The summed E-state index contributed by atoms with van der Waals surface area (Å²) < 4.78 is 37.3. The highest BCUT2D eigenvalue weighted by Gasteiger charge is 2.29. The van der Waals surface area contributed by atoms with Crippen LogP contribution in [0.4, 0.5) is 24.5 Å². The van der Waals surface area contributed by atoms with E-state index in [9.17, 15) is 13.2 Å². The van der Waals surface area contributed by atoms with E-state index in [0.717, 1.165) is 28.9 Å². The van der Waals surface area contributed by atoms with Crippen LogP contribution in [0.15, 0.2) is 42.5 Å². The van der Waals surface area contributed by atoms with Gasteiger partial charge in [-0.05, 0) is 61.4 Å². The van der Waals surface area contributed by atoms with Crippen molar-refractivity contribution in [2.45, 2.75) is 20.0 Å². The van der Waals surface area contributed by atoms with Crippen LogP contribution in [0.2, 0.25) is 0 Å². The number of anilines is 2. The van der Waals surface area contributed by atoms with Gasteiger partial charge in [-0.15, -0.1) is 0 Å². The maximum absolute atomic E-state index is 12.4. The van der Waals surface area contributed by atoms with Crippen molar-refractivity contribution in [3.05, 3.63) is 59.2 Å². The summed E-state index contributed by atoms with van der Waals surface area (Å²) in [7, 11) is 0. The molecule has 0 unspecified atom stereocenters. The molecule has 0 radical (unpaired) electrons. The number of nitrogens with one attached hydrogen (secondary N) is 1. The molecule has 0 fully saturated rings. The highest BCUT2D eigenvalue weighted by atomic mass is 19.4. The maximum atomic E-state index is 12.4. The lowest BCUT2D eigenvalue weighted by molar-refractivity contribution is -0.137. The Bertz CT molecular complexity index is 551. The van der Waals surface area contributed by atoms with E-state index in [-0.39, 0.29) is 0 Å². The Balaban J connectivity index is 2.20. The van der Waals surface area contributed by atoms with Gasteiger partial charge in [0.05, 0.1) is 5.56 Å². The summed E-state index contributed by atoms with van der Waals surface area (Å²) in [6.07, 6.45) is -4.29. The molecule has 2 aromatic carbocycles. The van der Waals surface area contributed by atoms with Crippen molar-refractivity contribution < 1.29 is 13.2 Å². The van der Waals surface area contributed by atoms with Crippen LogP contribution < -0.4 is 5.32 Å². The number of hydrogen-bond acceptors (Lipinski definition) is 1. The molecule has 0 saturated heterocycles. The van der Waals surface area contributed by atoms with Crippen LogP contribution in [-0.4, -0.2) is 0 Å². The van der Waals surface area contributed by atoms with Crippen LogP contribution in [0.3, 0.4) is 0 Å². The van der Waals surface area contributed by atoms with E-state index >= 15 is 0 Å². The summed E-state index contributed by atoms with van der Waals surface area (Å²) in [5.74, 6) is 0. The molecule has 19 heavy (non-hydrogen) atoms. The Hall–Kier alpha value is -1.97. The Kier molecular flexibility index (Phi) is 3.51. The zero-order valence-corrected chi connectivity index (χ0v) is 10.7. The number of aryl methyl sites for hydroxylation is 2. The van der Waals surface area contributed by atoms with Gasteiger partial charge >= 0.3 is 6.18 Å². The van der Waals surface area contributed by atoms with Crippen LogP contribution in [0, 0.1) is 13.8 Å². The van der Waals surface area contributed by atoms with E-state index < -0.39 is 11.7 Å². The van der Waals surface area contributed by atoms with Crippen LogP contribution in [0.25, 0.3) is 0 Å². The zero-order valence-electron chi connectivity index (χ0n) is 10.7. The molecule has 0 amide bonds. The van der Waals surface area contributed by atoms with Crippen molar-refractivity contribution in [1.82, 2.24) is 0 Å². The monoisotopic (exact) mass is 265 g/mol. The largest absolute Gasteiger partial charge is 0.416 e. The van der Waals surface area contributed by atoms with Gasteiger partial charge in [0, 0.05) is 11.4 Å². The lowest BCUT2D eigenvalue weighted by atomic mass is 10.1. The molecule has 4 heteroatoms. The van der Waals surface area contributed by atoms with E-state index in [1.54, 1.807) is 0 Å². The summed E-state index contributed by atoms with van der Waals surface area (Å²) >= 11 is 0. The Morgan fingerprint density at radius 3 is 1.79 bits per heavy atom. The predicted octanol–water partition coefficient (Wildman–Crippen LogP) is 5.07. The molecule has 0 atom stereocenters. The standard InChI is InChI=1S/C15H14F3N/c1-10-7-11(2)9-14(8-10)19-13-5-3-12(4-6-13)15(16,17)18/h3-9,19H,1-2H3. The molecule has 0 aliphatic rings. The average Bonchev–Trinajstić information content (AvgIpc) is 2.26. The normalized spacial score (nSPS) is 11.4. The van der Waals surface area contributed by atoms with E-state index in [1.807, 2.05) is 32.0 Å². The first-order chi connectivity index (χ1) is 8.84. The molecule has 1 N–H and O–H groups in total. The van der Waals surface area contributed by atoms with Gasteiger partial charge in [-0.1, -0.05) is 6.07 Å². The van der Waals surface area contributed by atoms with Crippen molar-refractivity contribution in [3.8, 4) is 0 Å². The van der Waals surface area contributed by atoms with E-state index in [2.05, 4.69) is 5.32 Å². The van der Waals surface area contributed by atoms with E-state index in [0.29, 0.717) is 5.69 Å². The van der Waals surface area contributed by atoms with Crippen molar-refractivity contribution in [2.75, 3.05) is 5.32 Å². The molecule has 0 aliphatic carbocycles. The average molecular weight is 265 g/mol. The Morgan fingerprint density at radius 1 is 0.789 bits per heavy atom. The minimum absolute atomic E-state index is 0.637. The summed E-state index contributed by atoms with van der Waals surface area (Å²) in [6, 6.07) is 10.9. The van der Waals surface area contributed by atoms with Gasteiger partial charge in [0.15, 0.2) is 0 Å². The lowest BCUT2D eigenvalue weighted by Gasteiger charge is -2.10. The first kappa shape index (κ1) is 13.5. The number of rotatable bonds is 2. The number of benzene rings is 2. The fraction of sp³-hybridized carbons (Fsp3) is 0.200. The molecule has 0 heterocycles. The van der Waals surface area contributed by atoms with Gasteiger partial charge < -0.3 is 5.32 Å². The van der Waals surface area contributed by atoms with Crippen molar-refractivity contribution in [1.29, 1.82) is 0 Å². The van der Waals surface area contributed by atoms with Crippen molar-refractivity contribution >= 4 is 11.4 Å². The molecule has 0 aromatic heterocycles. The quantitative estimate of drug-likeness (QED) is 0.799. The smallest absolute Gasteiger partial charge is 0.356 e. The second kappa shape index (κ2) is 4.96. The third-order valence-corrected chi connectivity index (χ3v) is 2.72. The number of alkyl halides is 3. The molecule has 0 spiro atoms. The first-order valence-corrected chi connectivity index (χ1v) is 5.87. The summed E-state index contributed by atoms with van der Waals surface area (Å²) in [6.45, 7) is 3.95. The minimum atomic E-state index is -4.29. The molecular weight excluding hydrogens is 251 g/mol. The molecular formula is C15H14F3N. The fourth-order valence-electron chi connectivity index (χ4n) is 1.96. The first-order valence-electron chi connectivity index (χ1n) is 5.87. The van der Waals surface area contributed by atoms with Crippen LogP contribution in [0.5, 0.6) is 0 Å². The Morgan fingerprint density at radius 2 is 1.32 bits per heavy atom. The fourth-order valence-corrected chi connectivity index (χ4v) is 1.96. The van der Waals surface area contributed by atoms with Gasteiger partial charge in [0.25, 0.3) is 0 Å². The highest BCUT2D eigenvalue weighted by molar-refractivity contribution is 5.61.